The molecule has 134 valence electrons. The summed E-state index contributed by atoms with van der Waals surface area (Å²) >= 11 is 10.3. The third kappa shape index (κ3) is 10.3. The largest absolute Gasteiger partial charge is 0.488 e. The molecule has 0 saturated carbocycles. The third-order valence-corrected chi connectivity index (χ3v) is 5.42. The van der Waals surface area contributed by atoms with E-state index in [0.29, 0.717) is 30.7 Å². The van der Waals surface area contributed by atoms with Crippen LogP contribution in [0, 0.1) is 0 Å². The van der Waals surface area contributed by atoms with Gasteiger partial charge in [-0.25, -0.2) is 0 Å². The van der Waals surface area contributed by atoms with Crippen LogP contribution in [0.5, 0.6) is 11.5 Å². The van der Waals surface area contributed by atoms with Crippen LogP contribution in [0.25, 0.3) is 0 Å². The molecule has 8 heteroatoms. The molecule has 2 unspecified atom stereocenters. The average molecular weight is 585 g/mol. The zero-order valence-corrected chi connectivity index (χ0v) is 19.6. The molecule has 1 rings (SSSR count). The Bertz CT molecular complexity index is 449. The second kappa shape index (κ2) is 12.9. The fourth-order valence-electron chi connectivity index (χ4n) is 1.56. The summed E-state index contributed by atoms with van der Waals surface area (Å²) in [6, 6.07) is 5.92. The van der Waals surface area contributed by atoms with Gasteiger partial charge >= 0.3 is 0 Å². The maximum Gasteiger partial charge on any atom is 0.162 e. The van der Waals surface area contributed by atoms with Crippen molar-refractivity contribution in [3.8, 4) is 11.5 Å². The highest BCUT2D eigenvalue weighted by atomic mass is 79.9. The van der Waals surface area contributed by atoms with Crippen molar-refractivity contribution in [1.29, 1.82) is 0 Å². The van der Waals surface area contributed by atoms with Gasteiger partial charge in [-0.15, -0.1) is 17.0 Å². The number of ether oxygens (including phenoxy) is 2. The Morgan fingerprint density at radius 2 is 1.83 bits per heavy atom. The summed E-state index contributed by atoms with van der Waals surface area (Å²) in [6.07, 6.45) is -0.564. The summed E-state index contributed by atoms with van der Waals surface area (Å²) in [5.41, 5.74) is 0. The molecular weight excluding hydrogens is 562 g/mol. The van der Waals surface area contributed by atoms with E-state index in [9.17, 15) is 5.11 Å². The Balaban J connectivity index is 0.00000484. The molecule has 2 atom stereocenters. The first-order valence-electron chi connectivity index (χ1n) is 7.09. The summed E-state index contributed by atoms with van der Waals surface area (Å²) in [7, 11) is 0. The summed E-state index contributed by atoms with van der Waals surface area (Å²) in [5, 5.41) is 13.9. The van der Waals surface area contributed by atoms with Crippen LogP contribution in [0.15, 0.2) is 22.7 Å². The lowest BCUT2D eigenvalue weighted by atomic mass is 10.3. The predicted molar refractivity (Wildman–Crippen MR) is 111 cm³/mol. The normalized spacial score (nSPS) is 13.3. The first-order chi connectivity index (χ1) is 10.4. The molecule has 23 heavy (non-hydrogen) atoms. The quantitative estimate of drug-likeness (QED) is 0.403. The van der Waals surface area contributed by atoms with Gasteiger partial charge in [0.1, 0.15) is 19.3 Å². The number of aliphatic hydroxyl groups is 1. The van der Waals surface area contributed by atoms with E-state index in [4.69, 9.17) is 9.47 Å². The summed E-state index contributed by atoms with van der Waals surface area (Å²) < 4.78 is 12.4. The fraction of sp³-hybridized carbons (Fsp3) is 0.600. The SMILES string of the molecule is Br.CC(C)NCC(O)COc1ccc(Br)cc1OCC(Br)CBr. The molecule has 0 aliphatic rings. The van der Waals surface area contributed by atoms with E-state index in [0.717, 1.165) is 9.80 Å². The van der Waals surface area contributed by atoms with Gasteiger partial charge in [-0.3, -0.25) is 0 Å². The average Bonchev–Trinajstić information content (AvgIpc) is 2.49. The summed E-state index contributed by atoms with van der Waals surface area (Å²) in [6.45, 7) is 5.31. The Kier molecular flexibility index (Phi) is 13.3. The molecule has 2 N–H and O–H groups in total. The van der Waals surface area contributed by atoms with E-state index >= 15 is 0 Å². The summed E-state index contributed by atoms with van der Waals surface area (Å²) in [5.74, 6) is 1.28. The van der Waals surface area contributed by atoms with Gasteiger partial charge in [0, 0.05) is 22.4 Å². The van der Waals surface area contributed by atoms with Gasteiger partial charge in [0.15, 0.2) is 11.5 Å². The first kappa shape index (κ1) is 23.7. The van der Waals surface area contributed by atoms with E-state index in [1.165, 1.54) is 0 Å². The smallest absolute Gasteiger partial charge is 0.162 e. The van der Waals surface area contributed by atoms with Gasteiger partial charge in [-0.1, -0.05) is 61.6 Å². The van der Waals surface area contributed by atoms with Crippen LogP contribution >= 0.6 is 64.8 Å². The van der Waals surface area contributed by atoms with Crippen molar-refractivity contribution in [3.63, 3.8) is 0 Å². The number of alkyl halides is 2. The third-order valence-electron chi connectivity index (χ3n) is 2.69. The molecule has 0 amide bonds. The minimum atomic E-state index is -0.564. The molecular formula is C15H23Br4NO3. The Morgan fingerprint density at radius 3 is 2.43 bits per heavy atom. The lowest BCUT2D eigenvalue weighted by molar-refractivity contribution is 0.102. The van der Waals surface area contributed by atoms with Gasteiger partial charge in [0.2, 0.25) is 0 Å². The highest BCUT2D eigenvalue weighted by Gasteiger charge is 2.12. The number of nitrogens with one attached hydrogen (secondary N) is 1. The van der Waals surface area contributed by atoms with Crippen molar-refractivity contribution >= 4 is 64.8 Å². The van der Waals surface area contributed by atoms with Gasteiger partial charge < -0.3 is 19.9 Å². The monoisotopic (exact) mass is 581 g/mol. The lowest BCUT2D eigenvalue weighted by Gasteiger charge is -2.17. The van der Waals surface area contributed by atoms with E-state index in [1.54, 1.807) is 0 Å². The number of hydrogen-bond acceptors (Lipinski definition) is 4. The molecule has 1 aromatic rings. The maximum atomic E-state index is 9.91. The second-order valence-electron chi connectivity index (χ2n) is 5.18. The first-order valence-corrected chi connectivity index (χ1v) is 9.92. The maximum absolute atomic E-state index is 9.91. The van der Waals surface area contributed by atoms with E-state index < -0.39 is 6.10 Å². The van der Waals surface area contributed by atoms with E-state index in [1.807, 2.05) is 32.0 Å². The topological polar surface area (TPSA) is 50.7 Å². The molecule has 0 heterocycles. The van der Waals surface area contributed by atoms with E-state index in [2.05, 4.69) is 53.1 Å². The minimum absolute atomic E-state index is 0. The van der Waals surface area contributed by atoms with Crippen molar-refractivity contribution < 1.29 is 14.6 Å². The molecule has 0 fully saturated rings. The Labute approximate surface area is 173 Å². The lowest BCUT2D eigenvalue weighted by Crippen LogP contribution is -2.35. The number of benzene rings is 1. The van der Waals surface area contributed by atoms with Crippen molar-refractivity contribution in [2.75, 3.05) is 25.1 Å². The van der Waals surface area contributed by atoms with Crippen LogP contribution in [-0.4, -0.2) is 47.2 Å². The van der Waals surface area contributed by atoms with Gasteiger partial charge in [-0.2, -0.15) is 0 Å². The van der Waals surface area contributed by atoms with Crippen LogP contribution in [-0.2, 0) is 0 Å². The number of aliphatic hydroxyl groups excluding tert-OH is 1. The Morgan fingerprint density at radius 1 is 1.17 bits per heavy atom. The Hall–Kier alpha value is 0.660. The number of rotatable bonds is 10. The molecule has 0 bridgehead atoms. The zero-order chi connectivity index (χ0) is 16.5. The molecule has 0 aliphatic carbocycles. The molecule has 0 spiro atoms. The van der Waals surface area contributed by atoms with Crippen molar-refractivity contribution in [3.05, 3.63) is 22.7 Å². The van der Waals surface area contributed by atoms with Crippen molar-refractivity contribution in [1.82, 2.24) is 5.32 Å². The van der Waals surface area contributed by atoms with Gasteiger partial charge in [0.05, 0.1) is 4.83 Å². The molecule has 0 saturated heterocycles. The number of hydrogen-bond donors (Lipinski definition) is 2. The van der Waals surface area contributed by atoms with E-state index in [-0.39, 0.29) is 28.4 Å². The van der Waals surface area contributed by atoms with Crippen LogP contribution in [0.4, 0.5) is 0 Å². The molecule has 0 radical (unpaired) electrons. The van der Waals surface area contributed by atoms with Crippen LogP contribution in [0.2, 0.25) is 0 Å². The van der Waals surface area contributed by atoms with Gasteiger partial charge in [-0.05, 0) is 18.2 Å². The molecule has 0 aromatic heterocycles. The summed E-state index contributed by atoms with van der Waals surface area (Å²) in [4.78, 5) is 0.222. The zero-order valence-electron chi connectivity index (χ0n) is 13.1. The molecule has 0 aliphatic heterocycles. The van der Waals surface area contributed by atoms with Crippen molar-refractivity contribution in [2.45, 2.75) is 30.8 Å². The highest BCUT2D eigenvalue weighted by Crippen LogP contribution is 2.31. The standard InChI is InChI=1S/C15H22Br3NO3.BrH/c1-10(2)19-7-13(20)9-22-14-4-3-11(17)5-15(14)21-8-12(18)6-16;/h3-5,10,12-13,19-20H,6-9H2,1-2H3;1H. The second-order valence-corrected chi connectivity index (χ2v) is 8.04. The van der Waals surface area contributed by atoms with Crippen molar-refractivity contribution in [2.24, 2.45) is 0 Å². The number of halogens is 4. The molecule has 4 nitrogen and oxygen atoms in total. The fourth-order valence-corrected chi connectivity index (χ4v) is 2.21. The van der Waals surface area contributed by atoms with Crippen LogP contribution in [0.1, 0.15) is 13.8 Å². The van der Waals surface area contributed by atoms with Crippen LogP contribution < -0.4 is 14.8 Å². The molecule has 1 aromatic carbocycles. The minimum Gasteiger partial charge on any atom is -0.488 e. The van der Waals surface area contributed by atoms with Gasteiger partial charge in [0.25, 0.3) is 0 Å². The highest BCUT2D eigenvalue weighted by molar-refractivity contribution is 9.12. The van der Waals surface area contributed by atoms with Crippen LogP contribution in [0.3, 0.4) is 0 Å². The predicted octanol–water partition coefficient (Wildman–Crippen LogP) is 4.30.